The number of hydrogen-bond donors (Lipinski definition) is 5. The molecule has 5 amide bonds. The van der Waals surface area contributed by atoms with Crippen LogP contribution in [0.4, 0.5) is 26.0 Å². The third-order valence-electron chi connectivity index (χ3n) is 12.1. The van der Waals surface area contributed by atoms with Gasteiger partial charge in [0.15, 0.2) is 11.4 Å². The van der Waals surface area contributed by atoms with Gasteiger partial charge in [0.25, 0.3) is 24.1 Å². The molecule has 4 aliphatic rings. The lowest BCUT2D eigenvalue weighted by Gasteiger charge is -2.32. The molecule has 3 aliphatic heterocycles. The lowest BCUT2D eigenvalue weighted by Crippen LogP contribution is -2.54. The van der Waals surface area contributed by atoms with Gasteiger partial charge in [-0.3, -0.25) is 34.2 Å². The molecule has 3 aromatic heterocycles. The van der Waals surface area contributed by atoms with Crippen LogP contribution in [-0.2, 0) is 20.9 Å². The molecule has 1 aliphatic carbocycles. The first kappa shape index (κ1) is 44.3. The number of pyridine rings is 1. The number of halogens is 2. The number of benzene rings is 2. The number of nitrogens with one attached hydrogen (secondary N) is 5. The molecule has 2 aromatic carbocycles. The second-order valence-corrected chi connectivity index (χ2v) is 16.8. The van der Waals surface area contributed by atoms with Gasteiger partial charge in [-0.05, 0) is 86.1 Å². The van der Waals surface area contributed by atoms with Crippen LogP contribution in [0.15, 0.2) is 77.7 Å². The molecule has 18 nitrogen and oxygen atoms in total. The summed E-state index contributed by atoms with van der Waals surface area (Å²) in [4.78, 5) is 75.2. The summed E-state index contributed by atoms with van der Waals surface area (Å²) in [6.07, 6.45) is 5.56. The van der Waals surface area contributed by atoms with Crippen molar-refractivity contribution in [3.63, 3.8) is 0 Å². The zero-order chi connectivity index (χ0) is 45.7. The number of imide groups is 2. The molecule has 1 atom stereocenters. The number of anilines is 3. The van der Waals surface area contributed by atoms with E-state index in [1.807, 2.05) is 12.1 Å². The van der Waals surface area contributed by atoms with Crippen molar-refractivity contribution < 1.29 is 41.9 Å². The quantitative estimate of drug-likeness (QED) is 0.0544. The number of ether oxygens (including phenoxy) is 1. The zero-order valence-electron chi connectivity index (χ0n) is 35.9. The molecule has 1 unspecified atom stereocenters. The summed E-state index contributed by atoms with van der Waals surface area (Å²) in [5, 5.41) is 18.9. The summed E-state index contributed by atoms with van der Waals surface area (Å²) < 4.78 is 40.9. The van der Waals surface area contributed by atoms with Crippen LogP contribution in [0.25, 0.3) is 17.1 Å². The van der Waals surface area contributed by atoms with Crippen LogP contribution in [0.1, 0.15) is 87.4 Å². The lowest BCUT2D eigenvalue weighted by molar-refractivity contribution is -0.136. The van der Waals surface area contributed by atoms with E-state index in [-0.39, 0.29) is 47.3 Å². The standard InChI is InChI=1S/C46H49F2N11O7/c47-41(48)40-35(53-42(61)36-26-66-44(54-36)29-11-14-50-38(21-29)51-24-28-1-2-28)25-58(56-40)32-6-3-27(4-7-32)23-49-15-19-65-20-18-57-16-12-30(13-17-57)52-31-5-8-33-34(22-31)46(64)59(45(33)63)37-9-10-39(60)55-43(37)62/h3-8,11,14,21-22,25-26,28,30,37,41,49,52H,1-2,9-10,12-13,15-20,23-24H2,(H,50,51)(H,53,61)(H,55,60,62). The maximum Gasteiger partial charge on any atom is 0.284 e. The Morgan fingerprint density at radius 1 is 0.939 bits per heavy atom. The number of nitrogens with zero attached hydrogens (tertiary/aromatic N) is 6. The van der Waals surface area contributed by atoms with E-state index in [0.717, 1.165) is 55.2 Å². The normalized spacial score (nSPS) is 17.9. The molecule has 3 fully saturated rings. The topological polar surface area (TPSA) is 218 Å². The molecule has 344 valence electrons. The summed E-state index contributed by atoms with van der Waals surface area (Å²) in [7, 11) is 0. The van der Waals surface area contributed by atoms with Gasteiger partial charge in [0, 0.05) is 69.2 Å². The Kier molecular flexibility index (Phi) is 13.2. The van der Waals surface area contributed by atoms with Crippen LogP contribution in [0.3, 0.4) is 0 Å². The summed E-state index contributed by atoms with van der Waals surface area (Å²) in [6, 6.07) is 15.0. The molecule has 0 radical (unpaired) electrons. The van der Waals surface area contributed by atoms with Crippen LogP contribution in [0.5, 0.6) is 0 Å². The van der Waals surface area contributed by atoms with Crippen molar-refractivity contribution in [1.82, 2.24) is 40.2 Å². The Hall–Kier alpha value is -6.90. The maximum atomic E-state index is 14.1. The third-order valence-corrected chi connectivity index (χ3v) is 12.1. The minimum absolute atomic E-state index is 0.0703. The molecule has 1 saturated carbocycles. The van der Waals surface area contributed by atoms with Gasteiger partial charge < -0.3 is 35.3 Å². The molecule has 0 spiro atoms. The van der Waals surface area contributed by atoms with Crippen molar-refractivity contribution in [3.05, 3.63) is 101 Å². The Morgan fingerprint density at radius 3 is 2.52 bits per heavy atom. The predicted octanol–water partition coefficient (Wildman–Crippen LogP) is 5.02. The molecule has 6 heterocycles. The number of hydrogen-bond acceptors (Lipinski definition) is 14. The molecule has 2 saturated heterocycles. The van der Waals surface area contributed by atoms with Gasteiger partial charge in [-0.15, -0.1) is 0 Å². The van der Waals surface area contributed by atoms with E-state index >= 15 is 0 Å². The molecule has 20 heteroatoms. The van der Waals surface area contributed by atoms with E-state index in [1.54, 1.807) is 48.7 Å². The van der Waals surface area contributed by atoms with Gasteiger partial charge in [0.05, 0.1) is 41.9 Å². The highest BCUT2D eigenvalue weighted by Crippen LogP contribution is 2.32. The van der Waals surface area contributed by atoms with Gasteiger partial charge in [0.1, 0.15) is 18.1 Å². The Bertz CT molecular complexity index is 2610. The van der Waals surface area contributed by atoms with E-state index in [4.69, 9.17) is 9.15 Å². The van der Waals surface area contributed by atoms with Crippen LogP contribution in [0, 0.1) is 5.92 Å². The highest BCUT2D eigenvalue weighted by Gasteiger charge is 2.44. The number of amides is 5. The average molecular weight is 906 g/mol. The van der Waals surface area contributed by atoms with Crippen molar-refractivity contribution in [2.75, 3.05) is 61.9 Å². The number of carbonyl (C=O) groups excluding carboxylic acids is 5. The molecule has 0 bridgehead atoms. The van der Waals surface area contributed by atoms with Crippen molar-refractivity contribution in [2.45, 2.75) is 63.6 Å². The SMILES string of the molecule is O=C1CCC(N2C(=O)c3ccc(NC4CCN(CCOCCNCc5ccc(-n6cc(NC(=O)c7coc(-c8ccnc(NCC9CC9)c8)n7)c(C(F)F)n6)cc5)CC4)cc3C2=O)C(=O)N1. The second-order valence-electron chi connectivity index (χ2n) is 16.8. The van der Waals surface area contributed by atoms with Crippen LogP contribution in [0.2, 0.25) is 0 Å². The molecular weight excluding hydrogens is 857 g/mol. The van der Waals surface area contributed by atoms with E-state index in [1.165, 1.54) is 30.0 Å². The minimum atomic E-state index is -2.94. The first-order valence-corrected chi connectivity index (χ1v) is 22.1. The number of carbonyl (C=O) groups is 5. The summed E-state index contributed by atoms with van der Waals surface area (Å²) in [5.74, 6) is -1.29. The second kappa shape index (κ2) is 19.7. The van der Waals surface area contributed by atoms with Crippen molar-refractivity contribution in [3.8, 4) is 17.1 Å². The van der Waals surface area contributed by atoms with E-state index in [2.05, 4.69) is 46.6 Å². The Morgan fingerprint density at radius 2 is 1.74 bits per heavy atom. The van der Waals surface area contributed by atoms with E-state index in [0.29, 0.717) is 49.3 Å². The number of rotatable bonds is 19. The van der Waals surface area contributed by atoms with E-state index in [9.17, 15) is 32.8 Å². The van der Waals surface area contributed by atoms with Crippen LogP contribution in [-0.4, -0.2) is 117 Å². The summed E-state index contributed by atoms with van der Waals surface area (Å²) in [6.45, 7) is 5.66. The number of aromatic nitrogens is 4. The summed E-state index contributed by atoms with van der Waals surface area (Å²) >= 11 is 0. The minimum Gasteiger partial charge on any atom is -0.444 e. The molecule has 5 aromatic rings. The van der Waals surface area contributed by atoms with E-state index < -0.39 is 47.7 Å². The van der Waals surface area contributed by atoms with Gasteiger partial charge in [-0.25, -0.2) is 23.4 Å². The van der Waals surface area contributed by atoms with Gasteiger partial charge in [-0.1, -0.05) is 12.1 Å². The first-order chi connectivity index (χ1) is 32.1. The third kappa shape index (κ3) is 10.3. The van der Waals surface area contributed by atoms with Gasteiger partial charge in [-0.2, -0.15) is 5.10 Å². The van der Waals surface area contributed by atoms with Crippen molar-refractivity contribution in [2.24, 2.45) is 5.92 Å². The number of piperidine rings is 2. The smallest absolute Gasteiger partial charge is 0.284 e. The number of fused-ring (bicyclic) bond motifs is 1. The van der Waals surface area contributed by atoms with Gasteiger partial charge in [0.2, 0.25) is 17.7 Å². The molecule has 5 N–H and O–H groups in total. The Balaban J connectivity index is 0.671. The average Bonchev–Trinajstić information content (AvgIpc) is 3.73. The zero-order valence-corrected chi connectivity index (χ0v) is 35.9. The molecular formula is C46H49F2N11O7. The maximum absolute atomic E-state index is 14.1. The fraction of sp³-hybridized carbons (Fsp3) is 0.391. The molecule has 9 rings (SSSR count). The largest absolute Gasteiger partial charge is 0.444 e. The highest BCUT2D eigenvalue weighted by atomic mass is 19.3. The monoisotopic (exact) mass is 905 g/mol. The number of likely N-dealkylation sites (tertiary alicyclic amines) is 1. The molecule has 66 heavy (non-hydrogen) atoms. The fourth-order valence-corrected chi connectivity index (χ4v) is 8.24. The summed E-state index contributed by atoms with van der Waals surface area (Å²) in [5.41, 5.74) is 2.57. The number of alkyl halides is 2. The van der Waals surface area contributed by atoms with Gasteiger partial charge >= 0.3 is 0 Å². The Labute approximate surface area is 377 Å². The van der Waals surface area contributed by atoms with Crippen molar-refractivity contribution >= 4 is 46.7 Å². The van der Waals surface area contributed by atoms with Crippen LogP contribution < -0.4 is 26.6 Å². The van der Waals surface area contributed by atoms with Crippen molar-refractivity contribution in [1.29, 1.82) is 0 Å². The van der Waals surface area contributed by atoms with Crippen LogP contribution >= 0.6 is 0 Å². The highest BCUT2D eigenvalue weighted by molar-refractivity contribution is 6.23. The predicted molar refractivity (Wildman–Crippen MR) is 236 cm³/mol. The lowest BCUT2D eigenvalue weighted by atomic mass is 10.0. The first-order valence-electron chi connectivity index (χ1n) is 22.1. The fourth-order valence-electron chi connectivity index (χ4n) is 8.24. The number of oxazole rings is 1.